The van der Waals surface area contributed by atoms with E-state index >= 15 is 0 Å². The van der Waals surface area contributed by atoms with Crippen LogP contribution in [-0.4, -0.2) is 17.9 Å². The summed E-state index contributed by atoms with van der Waals surface area (Å²) in [7, 11) is 0. The predicted octanol–water partition coefficient (Wildman–Crippen LogP) is 2.83. The van der Waals surface area contributed by atoms with Gasteiger partial charge < -0.3 is 11.1 Å². The molecule has 2 rings (SSSR count). The van der Waals surface area contributed by atoms with Crippen molar-refractivity contribution in [2.75, 3.05) is 0 Å². The van der Waals surface area contributed by atoms with Crippen LogP contribution in [0.25, 0.3) is 0 Å². The Morgan fingerprint density at radius 3 is 1.79 bits per heavy atom. The smallest absolute Gasteiger partial charge is 0.240 e. The average molecular weight is 324 g/mol. The van der Waals surface area contributed by atoms with Crippen molar-refractivity contribution < 1.29 is 9.59 Å². The summed E-state index contributed by atoms with van der Waals surface area (Å²) < 4.78 is 0. The Kier molecular flexibility index (Phi) is 6.13. The molecule has 0 bridgehead atoms. The first kappa shape index (κ1) is 17.7. The third-order valence-electron chi connectivity index (χ3n) is 4.35. The highest BCUT2D eigenvalue weighted by atomic mass is 16.2. The van der Waals surface area contributed by atoms with Crippen molar-refractivity contribution in [3.8, 4) is 0 Å². The molecule has 4 nitrogen and oxygen atoms in total. The fraction of sp³-hybridized carbons (Fsp3) is 0.300. The first-order valence-corrected chi connectivity index (χ1v) is 8.24. The minimum Gasteiger partial charge on any atom is -0.368 e. The number of rotatable bonds is 7. The van der Waals surface area contributed by atoms with Crippen LogP contribution in [0.1, 0.15) is 37.3 Å². The summed E-state index contributed by atoms with van der Waals surface area (Å²) in [6, 6.07) is 18.4. The summed E-state index contributed by atoms with van der Waals surface area (Å²) in [4.78, 5) is 24.7. The molecule has 0 radical (unpaired) electrons. The van der Waals surface area contributed by atoms with Gasteiger partial charge in [-0.05, 0) is 17.0 Å². The van der Waals surface area contributed by atoms with Crippen molar-refractivity contribution in [3.63, 3.8) is 0 Å². The number of amides is 2. The minimum atomic E-state index is -0.669. The third-order valence-corrected chi connectivity index (χ3v) is 4.35. The first-order chi connectivity index (χ1) is 11.5. The van der Waals surface area contributed by atoms with Crippen molar-refractivity contribution in [2.24, 2.45) is 11.7 Å². The molecule has 0 saturated carbocycles. The lowest BCUT2D eigenvalue weighted by atomic mass is 9.89. The van der Waals surface area contributed by atoms with Crippen molar-refractivity contribution in [1.82, 2.24) is 5.32 Å². The van der Waals surface area contributed by atoms with E-state index in [9.17, 15) is 9.59 Å². The number of nitrogens with two attached hydrogens (primary N) is 1. The summed E-state index contributed by atoms with van der Waals surface area (Å²) in [6.45, 7) is 3.88. The molecule has 24 heavy (non-hydrogen) atoms. The summed E-state index contributed by atoms with van der Waals surface area (Å²) in [5.74, 6) is -1.20. The first-order valence-electron chi connectivity index (χ1n) is 8.24. The van der Waals surface area contributed by atoms with E-state index in [0.29, 0.717) is 0 Å². The second-order valence-corrected chi connectivity index (χ2v) is 6.03. The third kappa shape index (κ3) is 4.22. The van der Waals surface area contributed by atoms with E-state index < -0.39 is 17.9 Å². The number of benzene rings is 2. The molecule has 3 N–H and O–H groups in total. The van der Waals surface area contributed by atoms with Gasteiger partial charge in [-0.1, -0.05) is 80.9 Å². The van der Waals surface area contributed by atoms with Crippen LogP contribution in [0.15, 0.2) is 60.7 Å². The molecule has 0 saturated heterocycles. The molecule has 0 aliphatic carbocycles. The largest absolute Gasteiger partial charge is 0.368 e. The van der Waals surface area contributed by atoms with Crippen LogP contribution >= 0.6 is 0 Å². The molecular weight excluding hydrogens is 300 g/mol. The van der Waals surface area contributed by atoms with Crippen LogP contribution in [0, 0.1) is 5.92 Å². The fourth-order valence-corrected chi connectivity index (χ4v) is 2.75. The second kappa shape index (κ2) is 8.29. The van der Waals surface area contributed by atoms with E-state index in [1.165, 1.54) is 0 Å². The quantitative estimate of drug-likeness (QED) is 0.822. The van der Waals surface area contributed by atoms with Gasteiger partial charge in [0, 0.05) is 0 Å². The molecule has 2 amide bonds. The lowest BCUT2D eigenvalue weighted by Crippen LogP contribution is -2.49. The summed E-state index contributed by atoms with van der Waals surface area (Å²) in [5.41, 5.74) is 7.25. The van der Waals surface area contributed by atoms with Crippen LogP contribution in [0.5, 0.6) is 0 Å². The predicted molar refractivity (Wildman–Crippen MR) is 95.3 cm³/mol. The molecule has 4 heteroatoms. The van der Waals surface area contributed by atoms with Crippen molar-refractivity contribution >= 4 is 11.8 Å². The lowest BCUT2D eigenvalue weighted by molar-refractivity contribution is -0.128. The highest BCUT2D eigenvalue weighted by Crippen LogP contribution is 2.25. The number of carbonyl (C=O) groups is 2. The highest BCUT2D eigenvalue weighted by molar-refractivity contribution is 5.92. The maximum Gasteiger partial charge on any atom is 0.240 e. The second-order valence-electron chi connectivity index (χ2n) is 6.03. The normalized spacial score (nSPS) is 13.3. The highest BCUT2D eigenvalue weighted by Gasteiger charge is 2.29. The van der Waals surface area contributed by atoms with Crippen LogP contribution < -0.4 is 11.1 Å². The monoisotopic (exact) mass is 324 g/mol. The Morgan fingerprint density at radius 1 is 0.958 bits per heavy atom. The molecule has 0 aromatic heterocycles. The van der Waals surface area contributed by atoms with Gasteiger partial charge in [-0.3, -0.25) is 9.59 Å². The Morgan fingerprint density at radius 2 is 1.42 bits per heavy atom. The van der Waals surface area contributed by atoms with Gasteiger partial charge in [0.1, 0.15) is 6.04 Å². The molecule has 2 aromatic rings. The average Bonchev–Trinajstić information content (AvgIpc) is 2.61. The lowest BCUT2D eigenvalue weighted by Gasteiger charge is -2.25. The van der Waals surface area contributed by atoms with Crippen LogP contribution in [-0.2, 0) is 9.59 Å². The Labute approximate surface area is 143 Å². The SMILES string of the molecule is CC[C@H](C)[C@@H](NC(=O)C(c1ccccc1)c1ccccc1)C(N)=O. The molecule has 0 unspecified atom stereocenters. The number of primary amides is 1. The van der Waals surface area contributed by atoms with E-state index in [4.69, 9.17) is 5.73 Å². The van der Waals surface area contributed by atoms with Crippen molar-refractivity contribution in [2.45, 2.75) is 32.2 Å². The number of carbonyl (C=O) groups excluding carboxylic acids is 2. The van der Waals surface area contributed by atoms with Gasteiger partial charge >= 0.3 is 0 Å². The zero-order valence-corrected chi connectivity index (χ0v) is 14.1. The van der Waals surface area contributed by atoms with Crippen molar-refractivity contribution in [3.05, 3.63) is 71.8 Å². The van der Waals surface area contributed by atoms with Gasteiger partial charge in [0.05, 0.1) is 5.92 Å². The maximum atomic E-state index is 13.0. The standard InChI is InChI=1S/C20H24N2O2/c1-3-14(2)18(19(21)23)22-20(24)17(15-10-6-4-7-11-15)16-12-8-5-9-13-16/h4-14,17-18H,3H2,1-2H3,(H2,21,23)(H,22,24)/t14-,18+/m0/s1. The van der Waals surface area contributed by atoms with E-state index in [0.717, 1.165) is 17.5 Å². The van der Waals surface area contributed by atoms with Gasteiger partial charge in [0.2, 0.25) is 11.8 Å². The molecule has 2 atom stereocenters. The summed E-state index contributed by atoms with van der Waals surface area (Å²) >= 11 is 0. The molecular formula is C20H24N2O2. The van der Waals surface area contributed by atoms with Gasteiger partial charge in [-0.25, -0.2) is 0 Å². The molecule has 0 aliphatic heterocycles. The van der Waals surface area contributed by atoms with E-state index in [1.807, 2.05) is 74.5 Å². The zero-order valence-electron chi connectivity index (χ0n) is 14.1. The van der Waals surface area contributed by atoms with Crippen molar-refractivity contribution in [1.29, 1.82) is 0 Å². The molecule has 0 spiro atoms. The molecule has 0 heterocycles. The van der Waals surface area contributed by atoms with Crippen LogP contribution in [0.2, 0.25) is 0 Å². The van der Waals surface area contributed by atoms with E-state index in [1.54, 1.807) is 0 Å². The van der Waals surface area contributed by atoms with Gasteiger partial charge in [0.15, 0.2) is 0 Å². The molecule has 126 valence electrons. The Hall–Kier alpha value is -2.62. The van der Waals surface area contributed by atoms with Gasteiger partial charge in [-0.2, -0.15) is 0 Å². The van der Waals surface area contributed by atoms with E-state index in [2.05, 4.69) is 5.32 Å². The molecule has 0 fully saturated rings. The minimum absolute atomic E-state index is 0.0151. The Bertz CT molecular complexity index is 631. The fourth-order valence-electron chi connectivity index (χ4n) is 2.75. The topological polar surface area (TPSA) is 72.2 Å². The maximum absolute atomic E-state index is 13.0. The number of hydrogen-bond acceptors (Lipinski definition) is 2. The van der Waals surface area contributed by atoms with Crippen LogP contribution in [0.3, 0.4) is 0 Å². The summed E-state index contributed by atoms with van der Waals surface area (Å²) in [5, 5.41) is 2.85. The molecule has 2 aromatic carbocycles. The van der Waals surface area contributed by atoms with Gasteiger partial charge in [0.25, 0.3) is 0 Å². The van der Waals surface area contributed by atoms with Gasteiger partial charge in [-0.15, -0.1) is 0 Å². The number of nitrogens with one attached hydrogen (secondary N) is 1. The zero-order chi connectivity index (χ0) is 17.5. The number of hydrogen-bond donors (Lipinski definition) is 2. The Balaban J connectivity index is 2.34. The van der Waals surface area contributed by atoms with E-state index in [-0.39, 0.29) is 11.8 Å². The summed E-state index contributed by atoms with van der Waals surface area (Å²) in [6.07, 6.45) is 0.759. The van der Waals surface area contributed by atoms with Crippen LogP contribution in [0.4, 0.5) is 0 Å². The molecule has 0 aliphatic rings.